The van der Waals surface area contributed by atoms with Crippen molar-refractivity contribution >= 4 is 11.8 Å². The van der Waals surface area contributed by atoms with Crippen LogP contribution in [0.25, 0.3) is 0 Å². The van der Waals surface area contributed by atoms with Crippen LogP contribution in [0.3, 0.4) is 0 Å². The SMILES string of the molecule is O=C(CCNC(=O)c1ccc(F)cc1)N[C@@H]1C[C@H]2OCC[C@@H]12. The lowest BCUT2D eigenvalue weighted by Crippen LogP contribution is -2.53. The maximum absolute atomic E-state index is 12.8. The molecule has 1 saturated carbocycles. The van der Waals surface area contributed by atoms with E-state index in [1.54, 1.807) is 0 Å². The molecular formula is C16H19FN2O3. The molecule has 2 amide bonds. The molecule has 3 atom stereocenters. The van der Waals surface area contributed by atoms with Gasteiger partial charge in [-0.1, -0.05) is 0 Å². The molecule has 0 unspecified atom stereocenters. The van der Waals surface area contributed by atoms with Crippen LogP contribution in [0.5, 0.6) is 0 Å². The zero-order valence-electron chi connectivity index (χ0n) is 12.2. The van der Waals surface area contributed by atoms with Crippen molar-refractivity contribution in [1.29, 1.82) is 0 Å². The van der Waals surface area contributed by atoms with Crippen LogP contribution < -0.4 is 10.6 Å². The fourth-order valence-corrected chi connectivity index (χ4v) is 3.04. The zero-order chi connectivity index (χ0) is 15.5. The standard InChI is InChI=1S/C16H19FN2O3/c17-11-3-1-10(2-4-11)16(21)18-7-5-15(20)19-13-9-14-12(13)6-8-22-14/h1-4,12-14H,5-9H2,(H,18,21)(H,19,20)/t12-,13+,14+/m0/s1. The van der Waals surface area contributed by atoms with E-state index >= 15 is 0 Å². The number of amides is 2. The number of carbonyl (C=O) groups is 2. The molecule has 22 heavy (non-hydrogen) atoms. The molecule has 1 aliphatic heterocycles. The van der Waals surface area contributed by atoms with Crippen LogP contribution in [0.4, 0.5) is 4.39 Å². The van der Waals surface area contributed by atoms with E-state index in [9.17, 15) is 14.0 Å². The van der Waals surface area contributed by atoms with Gasteiger partial charge in [0.15, 0.2) is 0 Å². The van der Waals surface area contributed by atoms with E-state index < -0.39 is 0 Å². The Hall–Kier alpha value is -1.95. The average molecular weight is 306 g/mol. The number of carbonyl (C=O) groups excluding carboxylic acids is 2. The Bertz CT molecular complexity index is 561. The summed E-state index contributed by atoms with van der Waals surface area (Å²) in [5.74, 6) is -0.293. The number of benzene rings is 1. The van der Waals surface area contributed by atoms with Gasteiger partial charge in [0.05, 0.1) is 6.10 Å². The summed E-state index contributed by atoms with van der Waals surface area (Å²) in [6.07, 6.45) is 2.46. The molecule has 0 aromatic heterocycles. The highest BCUT2D eigenvalue weighted by atomic mass is 19.1. The van der Waals surface area contributed by atoms with Crippen LogP contribution in [0.2, 0.25) is 0 Å². The minimum absolute atomic E-state index is 0.0604. The van der Waals surface area contributed by atoms with Gasteiger partial charge >= 0.3 is 0 Å². The molecule has 3 rings (SSSR count). The van der Waals surface area contributed by atoms with Crippen molar-refractivity contribution in [2.75, 3.05) is 13.2 Å². The molecule has 0 bridgehead atoms. The lowest BCUT2D eigenvalue weighted by Gasteiger charge is -2.39. The van der Waals surface area contributed by atoms with Gasteiger partial charge in [-0.2, -0.15) is 0 Å². The normalized spacial score (nSPS) is 26.0. The second-order valence-electron chi connectivity index (χ2n) is 5.78. The van der Waals surface area contributed by atoms with Crippen LogP contribution in [0, 0.1) is 11.7 Å². The molecule has 118 valence electrons. The molecule has 1 saturated heterocycles. The topological polar surface area (TPSA) is 67.4 Å². The number of fused-ring (bicyclic) bond motifs is 1. The molecule has 5 nitrogen and oxygen atoms in total. The highest BCUT2D eigenvalue weighted by Crippen LogP contribution is 2.38. The molecule has 0 radical (unpaired) electrons. The summed E-state index contributed by atoms with van der Waals surface area (Å²) in [6, 6.07) is 5.52. The number of hydrogen-bond acceptors (Lipinski definition) is 3. The van der Waals surface area contributed by atoms with E-state index in [2.05, 4.69) is 10.6 Å². The fourth-order valence-electron chi connectivity index (χ4n) is 3.04. The van der Waals surface area contributed by atoms with Gasteiger partial charge in [-0.15, -0.1) is 0 Å². The Labute approximate surface area is 128 Å². The van der Waals surface area contributed by atoms with E-state index in [0.29, 0.717) is 17.6 Å². The summed E-state index contributed by atoms with van der Waals surface area (Å²) < 4.78 is 18.3. The molecule has 2 fully saturated rings. The van der Waals surface area contributed by atoms with Gasteiger partial charge in [-0.05, 0) is 37.1 Å². The van der Waals surface area contributed by atoms with Crippen molar-refractivity contribution in [3.05, 3.63) is 35.6 Å². The highest BCUT2D eigenvalue weighted by Gasteiger charge is 2.45. The monoisotopic (exact) mass is 306 g/mol. The van der Waals surface area contributed by atoms with Crippen LogP contribution in [-0.4, -0.2) is 37.1 Å². The lowest BCUT2D eigenvalue weighted by atomic mass is 9.76. The molecule has 0 spiro atoms. The van der Waals surface area contributed by atoms with Crippen LogP contribution in [0.15, 0.2) is 24.3 Å². The number of hydrogen-bond donors (Lipinski definition) is 2. The molecule has 2 aliphatic rings. The van der Waals surface area contributed by atoms with E-state index in [1.165, 1.54) is 24.3 Å². The first-order valence-electron chi connectivity index (χ1n) is 7.58. The lowest BCUT2D eigenvalue weighted by molar-refractivity contribution is -0.123. The predicted octanol–water partition coefficient (Wildman–Crippen LogP) is 1.24. The average Bonchev–Trinajstić information content (AvgIpc) is 2.86. The number of nitrogens with one attached hydrogen (secondary N) is 2. The summed E-state index contributed by atoms with van der Waals surface area (Å²) >= 11 is 0. The first-order chi connectivity index (χ1) is 10.6. The minimum Gasteiger partial charge on any atom is -0.378 e. The summed E-state index contributed by atoms with van der Waals surface area (Å²) in [7, 11) is 0. The summed E-state index contributed by atoms with van der Waals surface area (Å²) in [6.45, 7) is 1.05. The number of halogens is 1. The number of rotatable bonds is 5. The third-order valence-electron chi connectivity index (χ3n) is 4.35. The van der Waals surface area contributed by atoms with Gasteiger partial charge < -0.3 is 15.4 Å². The van der Waals surface area contributed by atoms with Crippen LogP contribution in [0.1, 0.15) is 29.6 Å². The molecule has 1 aromatic carbocycles. The zero-order valence-corrected chi connectivity index (χ0v) is 12.2. The van der Waals surface area contributed by atoms with Crippen molar-refractivity contribution in [3.63, 3.8) is 0 Å². The first kappa shape index (κ1) is 15.0. The quantitative estimate of drug-likeness (QED) is 0.860. The summed E-state index contributed by atoms with van der Waals surface area (Å²) in [5, 5.41) is 5.65. The van der Waals surface area contributed by atoms with Crippen molar-refractivity contribution in [1.82, 2.24) is 10.6 Å². The molecule has 1 heterocycles. The highest BCUT2D eigenvalue weighted by molar-refractivity contribution is 5.94. The van der Waals surface area contributed by atoms with E-state index in [-0.39, 0.29) is 36.6 Å². The van der Waals surface area contributed by atoms with Gasteiger partial charge in [-0.3, -0.25) is 9.59 Å². The Morgan fingerprint density at radius 2 is 2.05 bits per heavy atom. The van der Waals surface area contributed by atoms with Gasteiger partial charge in [0.1, 0.15) is 5.82 Å². The van der Waals surface area contributed by atoms with Crippen molar-refractivity contribution in [3.8, 4) is 0 Å². The van der Waals surface area contributed by atoms with Gasteiger partial charge in [-0.25, -0.2) is 4.39 Å². The fraction of sp³-hybridized carbons (Fsp3) is 0.500. The summed E-state index contributed by atoms with van der Waals surface area (Å²) in [4.78, 5) is 23.6. The Kier molecular flexibility index (Phi) is 4.38. The molecular weight excluding hydrogens is 287 g/mol. The predicted molar refractivity (Wildman–Crippen MR) is 77.7 cm³/mol. The maximum atomic E-state index is 12.8. The van der Waals surface area contributed by atoms with E-state index in [0.717, 1.165) is 19.4 Å². The molecule has 1 aliphatic carbocycles. The van der Waals surface area contributed by atoms with Crippen molar-refractivity contribution < 1.29 is 18.7 Å². The van der Waals surface area contributed by atoms with Gasteiger partial charge in [0.25, 0.3) is 5.91 Å². The van der Waals surface area contributed by atoms with Crippen molar-refractivity contribution in [2.24, 2.45) is 5.92 Å². The van der Waals surface area contributed by atoms with Gasteiger partial charge in [0, 0.05) is 37.1 Å². The smallest absolute Gasteiger partial charge is 0.251 e. The molecule has 1 aromatic rings. The maximum Gasteiger partial charge on any atom is 0.251 e. The molecule has 6 heteroatoms. The summed E-state index contributed by atoms with van der Waals surface area (Å²) in [5.41, 5.74) is 0.381. The second-order valence-corrected chi connectivity index (χ2v) is 5.78. The van der Waals surface area contributed by atoms with Crippen LogP contribution >= 0.6 is 0 Å². The third kappa shape index (κ3) is 3.27. The number of ether oxygens (including phenoxy) is 1. The largest absolute Gasteiger partial charge is 0.378 e. The van der Waals surface area contributed by atoms with Crippen molar-refractivity contribution in [2.45, 2.75) is 31.4 Å². The van der Waals surface area contributed by atoms with E-state index in [4.69, 9.17) is 4.74 Å². The molecule has 2 N–H and O–H groups in total. The second kappa shape index (κ2) is 6.44. The Morgan fingerprint density at radius 1 is 1.27 bits per heavy atom. The minimum atomic E-state index is -0.384. The van der Waals surface area contributed by atoms with Crippen LogP contribution in [-0.2, 0) is 9.53 Å². The van der Waals surface area contributed by atoms with E-state index in [1.807, 2.05) is 0 Å². The Balaban J connectivity index is 1.36. The Morgan fingerprint density at radius 3 is 2.77 bits per heavy atom. The third-order valence-corrected chi connectivity index (χ3v) is 4.35. The first-order valence-corrected chi connectivity index (χ1v) is 7.58. The van der Waals surface area contributed by atoms with Gasteiger partial charge in [0.2, 0.25) is 5.91 Å².